The molecule has 0 aromatic rings. The lowest BCUT2D eigenvalue weighted by molar-refractivity contribution is -0.139. The van der Waals surface area contributed by atoms with Gasteiger partial charge in [-0.05, 0) is 12.8 Å². The van der Waals surface area contributed by atoms with Crippen molar-refractivity contribution < 1.29 is 14.3 Å². The minimum Gasteiger partial charge on any atom is -0.456 e. The minimum absolute atomic E-state index is 0.257. The predicted octanol–water partition coefficient (Wildman–Crippen LogP) is 2.16. The molecule has 0 aromatic carbocycles. The maximum Gasteiger partial charge on any atom is 0.413 e. The van der Waals surface area contributed by atoms with Gasteiger partial charge in [0.1, 0.15) is 6.61 Å². The molecule has 0 rings (SSSR count). The first kappa shape index (κ1) is 14.9. The smallest absolute Gasteiger partial charge is 0.413 e. The van der Waals surface area contributed by atoms with Crippen LogP contribution in [0.3, 0.4) is 0 Å². The number of hydrogen-bond acceptors (Lipinski definition) is 3. The lowest BCUT2D eigenvalue weighted by Gasteiger charge is -2.18. The van der Waals surface area contributed by atoms with E-state index in [1.54, 1.807) is 11.8 Å². The molecule has 0 aliphatic carbocycles. The van der Waals surface area contributed by atoms with Gasteiger partial charge in [-0.1, -0.05) is 26.0 Å². The molecule has 0 unspecified atom stereocenters. The maximum atomic E-state index is 10.9. The van der Waals surface area contributed by atoms with E-state index in [4.69, 9.17) is 10.3 Å². The lowest BCUT2D eigenvalue weighted by Crippen LogP contribution is -2.22. The van der Waals surface area contributed by atoms with E-state index in [0.717, 1.165) is 12.0 Å². The van der Waals surface area contributed by atoms with Gasteiger partial charge in [0.05, 0.1) is 0 Å². The minimum atomic E-state index is -0.611. The van der Waals surface area contributed by atoms with Gasteiger partial charge in [0.2, 0.25) is 0 Å². The summed E-state index contributed by atoms with van der Waals surface area (Å²) < 4.78 is 4.94. The lowest BCUT2D eigenvalue weighted by atomic mass is 10.1. The number of rotatable bonds is 7. The molecule has 90 valence electrons. The van der Waals surface area contributed by atoms with Crippen molar-refractivity contribution in [2.75, 3.05) is 12.4 Å². The fourth-order valence-electron chi connectivity index (χ4n) is 0.957. The monoisotopic (exact) mass is 242 g/mol. The molecule has 0 aliphatic rings. The highest BCUT2D eigenvalue weighted by atomic mass is 32.2. The zero-order valence-electron chi connectivity index (χ0n) is 9.92. The predicted molar refractivity (Wildman–Crippen MR) is 66.5 cm³/mol. The number of hydrogen-bond donors (Lipinski definition) is 0. The van der Waals surface area contributed by atoms with E-state index in [0.29, 0.717) is 12.5 Å². The van der Waals surface area contributed by atoms with Crippen molar-refractivity contribution in [2.45, 2.75) is 26.0 Å². The van der Waals surface area contributed by atoms with E-state index < -0.39 is 5.97 Å². The summed E-state index contributed by atoms with van der Waals surface area (Å²) in [6, 6.07) is 0. The van der Waals surface area contributed by atoms with Gasteiger partial charge in [-0.25, -0.2) is 4.79 Å². The summed E-state index contributed by atoms with van der Waals surface area (Å²) in [5.74, 6) is 0.722. The Kier molecular flexibility index (Phi) is 8.58. The topological polar surface area (TPSA) is 62.7 Å². The van der Waals surface area contributed by atoms with Gasteiger partial charge in [0, 0.05) is 11.0 Å². The van der Waals surface area contributed by atoms with Crippen molar-refractivity contribution >= 4 is 23.9 Å². The molecule has 0 bridgehead atoms. The fourth-order valence-corrected chi connectivity index (χ4v) is 2.06. The third-order valence-electron chi connectivity index (χ3n) is 1.94. The molecule has 0 heterocycles. The molecule has 16 heavy (non-hydrogen) atoms. The van der Waals surface area contributed by atoms with Gasteiger partial charge < -0.3 is 10.3 Å². The molecule has 0 amide bonds. The molecule has 0 saturated heterocycles. The first-order valence-corrected chi connectivity index (χ1v) is 6.23. The number of ether oxygens (including phenoxy) is 1. The first-order valence-electron chi connectivity index (χ1n) is 5.18. The molecule has 0 fully saturated rings. The highest BCUT2D eigenvalue weighted by Crippen LogP contribution is 2.19. The summed E-state index contributed by atoms with van der Waals surface area (Å²) in [7, 11) is 0. The van der Waals surface area contributed by atoms with E-state index >= 15 is 0 Å². The van der Waals surface area contributed by atoms with Crippen molar-refractivity contribution in [1.29, 1.82) is 0 Å². The summed E-state index contributed by atoms with van der Waals surface area (Å²) in [6.45, 7) is 6.48. The van der Waals surface area contributed by atoms with E-state index in [1.807, 2.05) is 13.0 Å². The zero-order valence-corrected chi connectivity index (χ0v) is 10.7. The summed E-state index contributed by atoms with van der Waals surface area (Å²) >= 11 is 1.74. The first-order chi connectivity index (χ1) is 7.61. The van der Waals surface area contributed by atoms with Crippen LogP contribution in [-0.4, -0.2) is 34.6 Å². The molecule has 0 N–H and O–H groups in total. The second-order valence-corrected chi connectivity index (χ2v) is 4.83. The van der Waals surface area contributed by atoms with E-state index in [9.17, 15) is 4.79 Å². The molecule has 1 atom stereocenters. The van der Waals surface area contributed by atoms with Crippen LogP contribution in [0.2, 0.25) is 0 Å². The summed E-state index contributed by atoms with van der Waals surface area (Å²) in [5, 5.41) is 0.257. The maximum absolute atomic E-state index is 10.9. The third-order valence-corrected chi connectivity index (χ3v) is 3.43. The standard InChI is InChI=1S/C11H18N2O2S/c1-4-5-6-16-10(9(2)3)8-15-11(14)7-13-12/h4-5,7,9-10H,6,8H2,1-3H3/b5-4-/t10-/m0/s1. The van der Waals surface area contributed by atoms with Crippen LogP contribution in [0.1, 0.15) is 20.8 Å². The normalized spacial score (nSPS) is 12.5. The number of esters is 1. The van der Waals surface area contributed by atoms with Gasteiger partial charge >= 0.3 is 12.2 Å². The van der Waals surface area contributed by atoms with Crippen LogP contribution in [-0.2, 0) is 9.53 Å². The number of thioether (sulfide) groups is 1. The molecule has 5 heteroatoms. The largest absolute Gasteiger partial charge is 0.456 e. The van der Waals surface area contributed by atoms with E-state index in [-0.39, 0.29) is 5.25 Å². The van der Waals surface area contributed by atoms with Crippen molar-refractivity contribution in [1.82, 2.24) is 0 Å². The quantitative estimate of drug-likeness (QED) is 0.226. The highest BCUT2D eigenvalue weighted by Gasteiger charge is 2.16. The Morgan fingerprint density at radius 1 is 1.56 bits per heavy atom. The van der Waals surface area contributed by atoms with Crippen molar-refractivity contribution in [3.05, 3.63) is 17.7 Å². The number of carbonyl (C=O) groups is 1. The van der Waals surface area contributed by atoms with Gasteiger partial charge in [-0.3, -0.25) is 0 Å². The Hall–Kier alpha value is -1.06. The van der Waals surface area contributed by atoms with Gasteiger partial charge in [0.15, 0.2) is 0 Å². The fraction of sp³-hybridized carbons (Fsp3) is 0.636. The average Bonchev–Trinajstić information content (AvgIpc) is 2.23. The number of allylic oxidation sites excluding steroid dienone is 1. The second kappa shape index (κ2) is 9.19. The van der Waals surface area contributed by atoms with Crippen LogP contribution in [0.15, 0.2) is 12.2 Å². The van der Waals surface area contributed by atoms with Gasteiger partial charge in [-0.15, -0.1) is 0 Å². The molecule has 0 spiro atoms. The summed E-state index contributed by atoms with van der Waals surface area (Å²) in [4.78, 5) is 13.6. The average molecular weight is 242 g/mol. The van der Waals surface area contributed by atoms with Crippen LogP contribution in [0.4, 0.5) is 0 Å². The Bertz CT molecular complexity index is 284. The van der Waals surface area contributed by atoms with Crippen LogP contribution < -0.4 is 0 Å². The van der Waals surface area contributed by atoms with E-state index in [1.165, 1.54) is 0 Å². The summed E-state index contributed by atoms with van der Waals surface area (Å²) in [6.07, 6.45) is 4.82. The SMILES string of the molecule is C/C=C\CS[C@@H](COC(=O)C=[N+]=[N-])C(C)C. The summed E-state index contributed by atoms with van der Waals surface area (Å²) in [5.41, 5.74) is 8.14. The molecule has 0 aromatic heterocycles. The Morgan fingerprint density at radius 3 is 2.75 bits per heavy atom. The van der Waals surface area contributed by atoms with Crippen LogP contribution >= 0.6 is 11.8 Å². The number of nitrogens with zero attached hydrogens (tertiary/aromatic N) is 2. The number of carbonyl (C=O) groups excluding carboxylic acids is 1. The van der Waals surface area contributed by atoms with Crippen LogP contribution in [0.5, 0.6) is 0 Å². The molecule has 0 aliphatic heterocycles. The third kappa shape index (κ3) is 7.26. The highest BCUT2D eigenvalue weighted by molar-refractivity contribution is 8.00. The van der Waals surface area contributed by atoms with Gasteiger partial charge in [0.25, 0.3) is 0 Å². The second-order valence-electron chi connectivity index (χ2n) is 3.56. The van der Waals surface area contributed by atoms with Crippen LogP contribution in [0, 0.1) is 5.92 Å². The van der Waals surface area contributed by atoms with Crippen molar-refractivity contribution in [2.24, 2.45) is 5.92 Å². The van der Waals surface area contributed by atoms with E-state index in [2.05, 4.69) is 24.7 Å². The van der Waals surface area contributed by atoms with Crippen molar-refractivity contribution in [3.8, 4) is 0 Å². The molecular weight excluding hydrogens is 224 g/mol. The molecule has 0 radical (unpaired) electrons. The van der Waals surface area contributed by atoms with Crippen LogP contribution in [0.25, 0.3) is 5.53 Å². The Morgan fingerprint density at radius 2 is 2.25 bits per heavy atom. The molecule has 0 saturated carbocycles. The zero-order chi connectivity index (χ0) is 12.4. The molecule has 4 nitrogen and oxygen atoms in total. The van der Waals surface area contributed by atoms with Gasteiger partial charge in [-0.2, -0.15) is 16.6 Å². The Balaban J connectivity index is 4.03. The molecular formula is C11H18N2O2S. The van der Waals surface area contributed by atoms with Crippen molar-refractivity contribution in [3.63, 3.8) is 0 Å². The Labute approximate surface area is 101 Å².